The van der Waals surface area contributed by atoms with Gasteiger partial charge >= 0.3 is 0 Å². The van der Waals surface area contributed by atoms with Crippen LogP contribution in [0.15, 0.2) is 231 Å². The Balaban J connectivity index is 1.05. The first-order chi connectivity index (χ1) is 34.0. The van der Waals surface area contributed by atoms with Crippen molar-refractivity contribution in [2.24, 2.45) is 0 Å². The van der Waals surface area contributed by atoms with Gasteiger partial charge in [0.1, 0.15) is 0 Å². The van der Waals surface area contributed by atoms with E-state index in [2.05, 4.69) is 249 Å². The van der Waals surface area contributed by atoms with Crippen LogP contribution in [0.5, 0.6) is 0 Å². The minimum Gasteiger partial charge on any atom is -0.310 e. The molecular weight excluding hydrogens is 831 g/mol. The Labute approximate surface area is 407 Å². The van der Waals surface area contributed by atoms with Gasteiger partial charge in [-0.15, -0.1) is 0 Å². The summed E-state index contributed by atoms with van der Waals surface area (Å²) < 4.78 is 0. The zero-order valence-corrected chi connectivity index (χ0v) is 39.5. The van der Waals surface area contributed by atoms with Crippen molar-refractivity contribution in [2.45, 2.75) is 62.7 Å². The predicted molar refractivity (Wildman–Crippen MR) is 290 cm³/mol. The van der Waals surface area contributed by atoms with Crippen LogP contribution in [0.4, 0.5) is 17.1 Å². The first-order valence-electron chi connectivity index (χ1n) is 25.1. The zero-order chi connectivity index (χ0) is 46.1. The fourth-order valence-electron chi connectivity index (χ4n) is 13.0. The molecule has 1 fully saturated rings. The van der Waals surface area contributed by atoms with Crippen LogP contribution in [0.1, 0.15) is 90.8 Å². The Morgan fingerprint density at radius 3 is 1.68 bits per heavy atom. The first kappa shape index (κ1) is 41.4. The van der Waals surface area contributed by atoms with Gasteiger partial charge in [-0.3, -0.25) is 0 Å². The molecule has 0 aromatic heterocycles. The molecule has 0 atom stereocenters. The number of nitrogens with zero attached hydrogens (tertiary/aromatic N) is 1. The van der Waals surface area contributed by atoms with Gasteiger partial charge in [0.05, 0.1) is 11.1 Å². The molecule has 13 rings (SSSR count). The quantitative estimate of drug-likeness (QED) is 0.147. The minimum atomic E-state index is -0.526. The summed E-state index contributed by atoms with van der Waals surface area (Å²) in [6.45, 7) is 4.74. The molecule has 0 aliphatic heterocycles. The van der Waals surface area contributed by atoms with E-state index in [0.29, 0.717) is 5.92 Å². The lowest BCUT2D eigenvalue weighted by atomic mass is 9.67. The second-order valence-electron chi connectivity index (χ2n) is 20.1. The summed E-state index contributed by atoms with van der Waals surface area (Å²) in [6, 6.07) is 87.1. The average Bonchev–Trinajstić information content (AvgIpc) is 3.85. The number of hydrogen-bond acceptors (Lipinski definition) is 1. The van der Waals surface area contributed by atoms with Gasteiger partial charge in [0.25, 0.3) is 0 Å². The van der Waals surface area contributed by atoms with Gasteiger partial charge in [-0.1, -0.05) is 233 Å². The lowest BCUT2D eigenvalue weighted by Gasteiger charge is -2.35. The van der Waals surface area contributed by atoms with E-state index < -0.39 is 5.41 Å². The molecule has 332 valence electrons. The highest BCUT2D eigenvalue weighted by atomic mass is 15.1. The van der Waals surface area contributed by atoms with Crippen molar-refractivity contribution in [3.05, 3.63) is 269 Å². The van der Waals surface area contributed by atoms with Crippen LogP contribution >= 0.6 is 0 Å². The summed E-state index contributed by atoms with van der Waals surface area (Å²) in [6.07, 6.45) is 6.45. The van der Waals surface area contributed by atoms with Crippen molar-refractivity contribution in [3.63, 3.8) is 0 Å². The molecule has 0 amide bonds. The maximum absolute atomic E-state index is 2.54. The predicted octanol–water partition coefficient (Wildman–Crippen LogP) is 18.4. The molecule has 0 N–H and O–H groups in total. The van der Waals surface area contributed by atoms with Crippen molar-refractivity contribution in [1.82, 2.24) is 0 Å². The van der Waals surface area contributed by atoms with Gasteiger partial charge in [0, 0.05) is 22.4 Å². The standard InChI is InChI=1S/C68H55N/c1-67(2)60-35-15-13-31-59(60)66-54(33-20-37-62(66)67)47-39-41-51(42-40-47)69(64-38-17-14-30-57(64)58-34-19-24-48-23-18-32-53(65(48)58)46-21-6-3-7-22-46)52-43-44-56-55-29-12-16-36-61(55)68(63(56)45-52,49-25-8-4-9-26-49)50-27-10-5-11-28-50/h4-5,8-20,23-46H,3,6-7,21-22H2,1-2H3. The molecule has 1 heteroatoms. The molecule has 10 aromatic carbocycles. The van der Waals surface area contributed by atoms with Crippen molar-refractivity contribution >= 4 is 27.8 Å². The summed E-state index contributed by atoms with van der Waals surface area (Å²) in [5.74, 6) is 0.568. The molecule has 69 heavy (non-hydrogen) atoms. The Kier molecular flexibility index (Phi) is 9.91. The number of fused-ring (bicyclic) bond motifs is 7. The molecule has 0 bridgehead atoms. The van der Waals surface area contributed by atoms with E-state index in [9.17, 15) is 0 Å². The lowest BCUT2D eigenvalue weighted by molar-refractivity contribution is 0.445. The number of anilines is 3. The summed E-state index contributed by atoms with van der Waals surface area (Å²) >= 11 is 0. The van der Waals surface area contributed by atoms with Crippen LogP contribution in [0.3, 0.4) is 0 Å². The van der Waals surface area contributed by atoms with Crippen molar-refractivity contribution in [2.75, 3.05) is 4.90 Å². The third-order valence-corrected chi connectivity index (χ3v) is 16.2. The highest BCUT2D eigenvalue weighted by Gasteiger charge is 2.46. The number of hydrogen-bond donors (Lipinski definition) is 0. The fraction of sp³-hybridized carbons (Fsp3) is 0.147. The first-order valence-corrected chi connectivity index (χ1v) is 25.1. The molecular formula is C68H55N. The Bertz CT molecular complexity index is 3510. The second-order valence-corrected chi connectivity index (χ2v) is 20.1. The topological polar surface area (TPSA) is 3.24 Å². The largest absolute Gasteiger partial charge is 0.310 e. The number of benzene rings is 10. The number of para-hydroxylation sites is 1. The van der Waals surface area contributed by atoms with Crippen LogP contribution in [0.2, 0.25) is 0 Å². The normalized spacial score (nSPS) is 15.3. The summed E-state index contributed by atoms with van der Waals surface area (Å²) in [7, 11) is 0. The molecule has 0 heterocycles. The van der Waals surface area contributed by atoms with Gasteiger partial charge in [-0.25, -0.2) is 0 Å². The summed E-state index contributed by atoms with van der Waals surface area (Å²) in [5, 5.41) is 2.71. The van der Waals surface area contributed by atoms with Gasteiger partial charge < -0.3 is 4.90 Å². The molecule has 1 nitrogen and oxygen atoms in total. The SMILES string of the molecule is CC1(C)c2ccccc2-c2c(-c3ccc(N(c4ccc5c(c4)C(c4ccccc4)(c4ccccc4)c4ccccc4-5)c4ccccc4-c4cccc5cccc(C6CCCCC6)c45)cc3)cccc21. The average molecular weight is 886 g/mol. The van der Waals surface area contributed by atoms with E-state index in [1.54, 1.807) is 0 Å². The zero-order valence-electron chi connectivity index (χ0n) is 39.5. The molecule has 0 radical (unpaired) electrons. The Hall–Kier alpha value is -7.74. The van der Waals surface area contributed by atoms with Gasteiger partial charge in [-0.2, -0.15) is 0 Å². The fourth-order valence-corrected chi connectivity index (χ4v) is 13.0. The maximum Gasteiger partial charge on any atom is 0.0714 e. The van der Waals surface area contributed by atoms with E-state index >= 15 is 0 Å². The van der Waals surface area contributed by atoms with Gasteiger partial charge in [0.2, 0.25) is 0 Å². The molecule has 3 aliphatic rings. The second kappa shape index (κ2) is 16.5. The molecule has 1 saturated carbocycles. The van der Waals surface area contributed by atoms with E-state index in [1.165, 1.54) is 126 Å². The van der Waals surface area contributed by atoms with E-state index in [4.69, 9.17) is 0 Å². The van der Waals surface area contributed by atoms with Crippen LogP contribution in [-0.2, 0) is 10.8 Å². The van der Waals surface area contributed by atoms with Crippen molar-refractivity contribution < 1.29 is 0 Å². The molecule has 0 spiro atoms. The number of rotatable bonds is 8. The Morgan fingerprint density at radius 2 is 0.942 bits per heavy atom. The van der Waals surface area contributed by atoms with Crippen molar-refractivity contribution in [1.29, 1.82) is 0 Å². The summed E-state index contributed by atoms with van der Waals surface area (Å²) in [5.41, 5.74) is 22.5. The molecule has 10 aromatic rings. The van der Waals surface area contributed by atoms with E-state index in [-0.39, 0.29) is 5.41 Å². The highest BCUT2D eigenvalue weighted by molar-refractivity contribution is 6.04. The molecule has 0 unspecified atom stereocenters. The lowest BCUT2D eigenvalue weighted by Crippen LogP contribution is -2.28. The molecule has 3 aliphatic carbocycles. The third kappa shape index (κ3) is 6.44. The maximum atomic E-state index is 2.54. The Morgan fingerprint density at radius 1 is 0.391 bits per heavy atom. The van der Waals surface area contributed by atoms with Crippen LogP contribution < -0.4 is 4.90 Å². The van der Waals surface area contributed by atoms with E-state index in [1.807, 2.05) is 0 Å². The van der Waals surface area contributed by atoms with Gasteiger partial charge in [0.15, 0.2) is 0 Å². The van der Waals surface area contributed by atoms with Crippen LogP contribution in [0, 0.1) is 0 Å². The van der Waals surface area contributed by atoms with E-state index in [0.717, 1.165) is 17.1 Å². The third-order valence-electron chi connectivity index (χ3n) is 16.2. The highest BCUT2D eigenvalue weighted by Crippen LogP contribution is 2.58. The minimum absolute atomic E-state index is 0.0667. The van der Waals surface area contributed by atoms with Crippen LogP contribution in [-0.4, -0.2) is 0 Å². The summed E-state index contributed by atoms with van der Waals surface area (Å²) in [4.78, 5) is 2.54. The van der Waals surface area contributed by atoms with Crippen LogP contribution in [0.25, 0.3) is 55.3 Å². The smallest absolute Gasteiger partial charge is 0.0714 e. The van der Waals surface area contributed by atoms with Crippen molar-refractivity contribution in [3.8, 4) is 44.5 Å². The molecule has 0 saturated heterocycles. The van der Waals surface area contributed by atoms with Gasteiger partial charge in [-0.05, 0) is 138 Å². The monoisotopic (exact) mass is 885 g/mol.